The monoisotopic (exact) mass is 334 g/mol. The Morgan fingerprint density at radius 3 is 2.70 bits per heavy atom. The number of anilines is 1. The average molecular weight is 335 g/mol. The van der Waals surface area contributed by atoms with Crippen LogP contribution in [0.5, 0.6) is 0 Å². The summed E-state index contributed by atoms with van der Waals surface area (Å²) in [5.74, 6) is -2.28. The highest BCUT2D eigenvalue weighted by Gasteiger charge is 2.13. The molecule has 1 aromatic heterocycles. The number of halogens is 3. The number of aromatic nitrogens is 1. The SMILES string of the molecule is Cc1[nH]c2ccc(Cl)cc2c1CC(=O)Nc1ccc(F)c(F)c1. The Balaban J connectivity index is 1.84. The fourth-order valence-corrected chi connectivity index (χ4v) is 2.69. The summed E-state index contributed by atoms with van der Waals surface area (Å²) >= 11 is 6.01. The van der Waals surface area contributed by atoms with Gasteiger partial charge < -0.3 is 10.3 Å². The molecule has 3 nitrogen and oxygen atoms in total. The van der Waals surface area contributed by atoms with Gasteiger partial charge in [0, 0.05) is 33.4 Å². The summed E-state index contributed by atoms with van der Waals surface area (Å²) in [6.45, 7) is 1.87. The molecule has 3 aromatic rings. The van der Waals surface area contributed by atoms with Crippen molar-refractivity contribution in [3.05, 3.63) is 64.3 Å². The number of amides is 1. The molecular formula is C17H13ClF2N2O. The predicted octanol–water partition coefficient (Wildman–Crippen LogP) is 4.59. The standard InChI is InChI=1S/C17H13ClF2N2O/c1-9-12(13-6-10(18)2-5-16(13)21-9)8-17(23)22-11-3-4-14(19)15(20)7-11/h2-7,21H,8H2,1H3,(H,22,23). The number of hydrogen-bond donors (Lipinski definition) is 2. The van der Waals surface area contributed by atoms with Gasteiger partial charge in [-0.25, -0.2) is 8.78 Å². The third-order valence-corrected chi connectivity index (χ3v) is 3.86. The van der Waals surface area contributed by atoms with E-state index in [0.29, 0.717) is 5.02 Å². The van der Waals surface area contributed by atoms with Crippen LogP contribution in [0.25, 0.3) is 10.9 Å². The van der Waals surface area contributed by atoms with Crippen molar-refractivity contribution in [2.75, 3.05) is 5.32 Å². The smallest absolute Gasteiger partial charge is 0.228 e. The van der Waals surface area contributed by atoms with Crippen LogP contribution in [0.2, 0.25) is 5.02 Å². The Labute approximate surface area is 136 Å². The van der Waals surface area contributed by atoms with Crippen molar-refractivity contribution in [3.63, 3.8) is 0 Å². The molecule has 2 aromatic carbocycles. The van der Waals surface area contributed by atoms with Crippen LogP contribution in [-0.4, -0.2) is 10.9 Å². The van der Waals surface area contributed by atoms with Crippen LogP contribution in [0.4, 0.5) is 14.5 Å². The Morgan fingerprint density at radius 1 is 1.17 bits per heavy atom. The molecule has 0 spiro atoms. The first kappa shape index (κ1) is 15.5. The quantitative estimate of drug-likeness (QED) is 0.723. The number of H-pyrrole nitrogens is 1. The van der Waals surface area contributed by atoms with Crippen LogP contribution in [0, 0.1) is 18.6 Å². The van der Waals surface area contributed by atoms with Crippen molar-refractivity contribution in [2.45, 2.75) is 13.3 Å². The highest BCUT2D eigenvalue weighted by molar-refractivity contribution is 6.31. The van der Waals surface area contributed by atoms with E-state index < -0.39 is 11.6 Å². The average Bonchev–Trinajstić information content (AvgIpc) is 2.79. The Morgan fingerprint density at radius 2 is 1.96 bits per heavy atom. The molecule has 0 aliphatic heterocycles. The van der Waals surface area contributed by atoms with Crippen LogP contribution in [-0.2, 0) is 11.2 Å². The molecule has 3 rings (SSSR count). The van der Waals surface area contributed by atoms with E-state index in [1.54, 1.807) is 12.1 Å². The second kappa shape index (κ2) is 6.01. The van der Waals surface area contributed by atoms with E-state index in [2.05, 4.69) is 10.3 Å². The first-order valence-electron chi connectivity index (χ1n) is 6.95. The molecule has 0 aliphatic carbocycles. The summed E-state index contributed by atoms with van der Waals surface area (Å²) in [6, 6.07) is 8.65. The molecule has 0 saturated carbocycles. The zero-order valence-electron chi connectivity index (χ0n) is 12.2. The highest BCUT2D eigenvalue weighted by Crippen LogP contribution is 2.26. The van der Waals surface area contributed by atoms with Crippen molar-refractivity contribution >= 4 is 34.1 Å². The van der Waals surface area contributed by atoms with Crippen LogP contribution >= 0.6 is 11.6 Å². The van der Waals surface area contributed by atoms with Gasteiger partial charge in [-0.15, -0.1) is 0 Å². The van der Waals surface area contributed by atoms with E-state index in [-0.39, 0.29) is 18.0 Å². The molecule has 0 aliphatic rings. The Hall–Kier alpha value is -2.40. The molecule has 6 heteroatoms. The van der Waals surface area contributed by atoms with Crippen molar-refractivity contribution in [2.24, 2.45) is 0 Å². The molecule has 0 bridgehead atoms. The minimum absolute atomic E-state index is 0.102. The van der Waals surface area contributed by atoms with Crippen molar-refractivity contribution in [3.8, 4) is 0 Å². The van der Waals surface area contributed by atoms with Gasteiger partial charge in [-0.1, -0.05) is 11.6 Å². The largest absolute Gasteiger partial charge is 0.358 e. The predicted molar refractivity (Wildman–Crippen MR) is 86.7 cm³/mol. The molecule has 0 radical (unpaired) electrons. The van der Waals surface area contributed by atoms with Crippen molar-refractivity contribution < 1.29 is 13.6 Å². The maximum atomic E-state index is 13.2. The van der Waals surface area contributed by atoms with Gasteiger partial charge in [0.05, 0.1) is 6.42 Å². The molecule has 23 heavy (non-hydrogen) atoms. The van der Waals surface area contributed by atoms with E-state index >= 15 is 0 Å². The lowest BCUT2D eigenvalue weighted by atomic mass is 10.1. The van der Waals surface area contributed by atoms with Crippen molar-refractivity contribution in [1.29, 1.82) is 0 Å². The zero-order valence-corrected chi connectivity index (χ0v) is 13.0. The second-order valence-electron chi connectivity index (χ2n) is 5.27. The number of nitrogens with one attached hydrogen (secondary N) is 2. The van der Waals surface area contributed by atoms with E-state index in [1.807, 2.05) is 13.0 Å². The zero-order chi connectivity index (χ0) is 16.6. The maximum absolute atomic E-state index is 13.2. The number of aryl methyl sites for hydroxylation is 1. The lowest BCUT2D eigenvalue weighted by molar-refractivity contribution is -0.115. The lowest BCUT2D eigenvalue weighted by Gasteiger charge is -2.06. The molecule has 1 heterocycles. The highest BCUT2D eigenvalue weighted by atomic mass is 35.5. The van der Waals surface area contributed by atoms with Gasteiger partial charge in [0.1, 0.15) is 0 Å². The molecule has 0 atom stereocenters. The Bertz CT molecular complexity index is 905. The van der Waals surface area contributed by atoms with Gasteiger partial charge in [-0.2, -0.15) is 0 Å². The number of aromatic amines is 1. The van der Waals surface area contributed by atoms with E-state index in [9.17, 15) is 13.6 Å². The fourth-order valence-electron chi connectivity index (χ4n) is 2.52. The van der Waals surface area contributed by atoms with E-state index in [1.165, 1.54) is 6.07 Å². The minimum Gasteiger partial charge on any atom is -0.358 e. The lowest BCUT2D eigenvalue weighted by Crippen LogP contribution is -2.15. The summed E-state index contributed by atoms with van der Waals surface area (Å²) < 4.78 is 26.1. The number of hydrogen-bond acceptors (Lipinski definition) is 1. The van der Waals surface area contributed by atoms with Crippen LogP contribution < -0.4 is 5.32 Å². The van der Waals surface area contributed by atoms with E-state index in [4.69, 9.17) is 11.6 Å². The molecule has 0 unspecified atom stereocenters. The molecule has 0 fully saturated rings. The summed E-state index contributed by atoms with van der Waals surface area (Å²) in [4.78, 5) is 15.4. The van der Waals surface area contributed by atoms with Gasteiger partial charge in [0.15, 0.2) is 11.6 Å². The third kappa shape index (κ3) is 3.19. The summed E-state index contributed by atoms with van der Waals surface area (Å²) in [5, 5.41) is 4.02. The normalized spacial score (nSPS) is 11.0. The maximum Gasteiger partial charge on any atom is 0.228 e. The number of carbonyl (C=O) groups is 1. The van der Waals surface area contributed by atoms with Gasteiger partial charge in [-0.3, -0.25) is 4.79 Å². The molecule has 118 valence electrons. The van der Waals surface area contributed by atoms with Gasteiger partial charge in [-0.05, 0) is 42.8 Å². The number of benzene rings is 2. The third-order valence-electron chi connectivity index (χ3n) is 3.62. The summed E-state index contributed by atoms with van der Waals surface area (Å²) in [6.07, 6.45) is 0.102. The van der Waals surface area contributed by atoms with Gasteiger partial charge >= 0.3 is 0 Å². The van der Waals surface area contributed by atoms with Crippen molar-refractivity contribution in [1.82, 2.24) is 4.98 Å². The first-order chi connectivity index (χ1) is 10.9. The second-order valence-corrected chi connectivity index (χ2v) is 5.71. The van der Waals surface area contributed by atoms with Crippen LogP contribution in [0.15, 0.2) is 36.4 Å². The number of rotatable bonds is 3. The summed E-state index contributed by atoms with van der Waals surface area (Å²) in [7, 11) is 0. The molecule has 0 saturated heterocycles. The van der Waals surface area contributed by atoms with Crippen LogP contribution in [0.3, 0.4) is 0 Å². The molecular weight excluding hydrogens is 322 g/mol. The van der Waals surface area contributed by atoms with E-state index in [0.717, 1.165) is 34.3 Å². The van der Waals surface area contributed by atoms with Crippen LogP contribution in [0.1, 0.15) is 11.3 Å². The van der Waals surface area contributed by atoms with Gasteiger partial charge in [0.2, 0.25) is 5.91 Å². The minimum atomic E-state index is -1.00. The number of fused-ring (bicyclic) bond motifs is 1. The van der Waals surface area contributed by atoms with Gasteiger partial charge in [0.25, 0.3) is 0 Å². The topological polar surface area (TPSA) is 44.9 Å². The fraction of sp³-hybridized carbons (Fsp3) is 0.118. The Kier molecular flexibility index (Phi) is 4.05. The molecule has 1 amide bonds. The molecule has 2 N–H and O–H groups in total. The first-order valence-corrected chi connectivity index (χ1v) is 7.33. The number of carbonyl (C=O) groups excluding carboxylic acids is 1. The summed E-state index contributed by atoms with van der Waals surface area (Å²) in [5.41, 5.74) is 2.79.